The first kappa shape index (κ1) is 24.3. The number of nitrogens with zero attached hydrogens (tertiary/aromatic N) is 1. The van der Waals surface area contributed by atoms with E-state index in [1.165, 1.54) is 24.8 Å². The Kier molecular flexibility index (Phi) is 8.77. The van der Waals surface area contributed by atoms with Crippen LogP contribution in [0.15, 0.2) is 47.4 Å². The van der Waals surface area contributed by atoms with Gasteiger partial charge >= 0.3 is 0 Å². The molecule has 2 aromatic carbocycles. The fraction of sp³-hybridized carbons (Fsp3) is 0.435. The molecule has 1 aliphatic rings. The summed E-state index contributed by atoms with van der Waals surface area (Å²) < 4.78 is 37.7. The Morgan fingerprint density at radius 2 is 1.88 bits per heavy atom. The molecule has 1 fully saturated rings. The first-order chi connectivity index (χ1) is 15.4. The number of ether oxygens (including phenoxy) is 2. The van der Waals surface area contributed by atoms with E-state index >= 15 is 0 Å². The first-order valence-electron chi connectivity index (χ1n) is 10.6. The number of rotatable bonds is 10. The highest BCUT2D eigenvalue weighted by Gasteiger charge is 2.18. The number of nitrogens with one attached hydrogen (secondary N) is 2. The van der Waals surface area contributed by atoms with Gasteiger partial charge in [-0.05, 0) is 35.7 Å². The van der Waals surface area contributed by atoms with E-state index in [0.29, 0.717) is 17.7 Å². The maximum absolute atomic E-state index is 12.8. The van der Waals surface area contributed by atoms with Gasteiger partial charge in [-0.15, -0.1) is 0 Å². The first-order valence-corrected chi connectivity index (χ1v) is 12.1. The summed E-state index contributed by atoms with van der Waals surface area (Å²) in [6.45, 7) is 6.76. The second-order valence-electron chi connectivity index (χ2n) is 7.76. The van der Waals surface area contributed by atoms with Crippen LogP contribution in [-0.4, -0.2) is 65.8 Å². The van der Waals surface area contributed by atoms with E-state index < -0.39 is 10.0 Å². The van der Waals surface area contributed by atoms with Crippen LogP contribution in [0.3, 0.4) is 0 Å². The smallest absolute Gasteiger partial charge is 0.251 e. The highest BCUT2D eigenvalue weighted by Crippen LogP contribution is 2.16. The Bertz CT molecular complexity index is 1020. The summed E-state index contributed by atoms with van der Waals surface area (Å²) >= 11 is 0. The van der Waals surface area contributed by atoms with Crippen LogP contribution in [-0.2, 0) is 32.6 Å². The molecule has 9 heteroatoms. The van der Waals surface area contributed by atoms with E-state index in [1.54, 1.807) is 13.0 Å². The molecule has 0 unspecified atom stereocenters. The highest BCUT2D eigenvalue weighted by atomic mass is 32.2. The van der Waals surface area contributed by atoms with Crippen LogP contribution in [0.25, 0.3) is 0 Å². The van der Waals surface area contributed by atoms with Gasteiger partial charge < -0.3 is 14.8 Å². The Morgan fingerprint density at radius 1 is 1.12 bits per heavy atom. The van der Waals surface area contributed by atoms with Crippen molar-refractivity contribution >= 4 is 15.9 Å². The Labute approximate surface area is 190 Å². The van der Waals surface area contributed by atoms with Gasteiger partial charge in [0.05, 0.1) is 24.7 Å². The Balaban J connectivity index is 1.64. The van der Waals surface area contributed by atoms with Crippen LogP contribution >= 0.6 is 0 Å². The zero-order chi connectivity index (χ0) is 23.0. The third-order valence-electron chi connectivity index (χ3n) is 5.32. The minimum absolute atomic E-state index is 0.0526. The fourth-order valence-electron chi connectivity index (χ4n) is 3.51. The van der Waals surface area contributed by atoms with Crippen molar-refractivity contribution in [3.63, 3.8) is 0 Å². The summed E-state index contributed by atoms with van der Waals surface area (Å²) in [4.78, 5) is 15.2. The third-order valence-corrected chi connectivity index (χ3v) is 6.78. The standard InChI is InChI=1S/C23H31N3O5S/c1-18-6-7-21(32(28,29)25-8-11-30-2)15-22(18)23(27)24-16-19-4-3-5-20(14-19)17-26-9-12-31-13-10-26/h3-7,14-15,25H,8-13,16-17H2,1-2H3,(H,24,27). The monoisotopic (exact) mass is 461 g/mol. The molecule has 3 rings (SSSR count). The van der Waals surface area contributed by atoms with Crippen LogP contribution < -0.4 is 10.0 Å². The second-order valence-corrected chi connectivity index (χ2v) is 9.53. The van der Waals surface area contributed by atoms with Gasteiger partial charge in [-0.2, -0.15) is 0 Å². The summed E-state index contributed by atoms with van der Waals surface area (Å²) in [6, 6.07) is 12.7. The Morgan fingerprint density at radius 3 is 2.62 bits per heavy atom. The van der Waals surface area contributed by atoms with Crippen LogP contribution in [0.5, 0.6) is 0 Å². The minimum Gasteiger partial charge on any atom is -0.383 e. The summed E-state index contributed by atoms with van der Waals surface area (Å²) in [5, 5.41) is 2.91. The normalized spacial score (nSPS) is 14.9. The molecule has 0 bridgehead atoms. The number of carbonyl (C=O) groups is 1. The van der Waals surface area contributed by atoms with Gasteiger partial charge in [0.1, 0.15) is 0 Å². The number of methoxy groups -OCH3 is 1. The van der Waals surface area contributed by atoms with Crippen LogP contribution in [0.4, 0.5) is 0 Å². The molecule has 32 heavy (non-hydrogen) atoms. The highest BCUT2D eigenvalue weighted by molar-refractivity contribution is 7.89. The molecule has 0 aromatic heterocycles. The maximum Gasteiger partial charge on any atom is 0.251 e. The van der Waals surface area contributed by atoms with Crippen molar-refractivity contribution in [2.24, 2.45) is 0 Å². The van der Waals surface area contributed by atoms with Gasteiger partial charge in [-0.3, -0.25) is 9.69 Å². The largest absolute Gasteiger partial charge is 0.383 e. The summed E-state index contributed by atoms with van der Waals surface area (Å²) in [6.07, 6.45) is 0. The quantitative estimate of drug-likeness (QED) is 0.523. The molecule has 0 spiro atoms. The van der Waals surface area contributed by atoms with E-state index in [1.807, 2.05) is 12.1 Å². The van der Waals surface area contributed by atoms with Crippen molar-refractivity contribution in [2.75, 3.05) is 46.6 Å². The van der Waals surface area contributed by atoms with Crippen LogP contribution in [0.1, 0.15) is 27.0 Å². The lowest BCUT2D eigenvalue weighted by Gasteiger charge is -2.26. The average Bonchev–Trinajstić information content (AvgIpc) is 2.79. The van der Waals surface area contributed by atoms with Gasteiger partial charge in [0.2, 0.25) is 10.0 Å². The predicted molar refractivity (Wildman–Crippen MR) is 122 cm³/mol. The van der Waals surface area contributed by atoms with Crippen molar-refractivity contribution < 1.29 is 22.7 Å². The van der Waals surface area contributed by atoms with E-state index in [-0.39, 0.29) is 24.0 Å². The van der Waals surface area contributed by atoms with Crippen molar-refractivity contribution in [3.05, 3.63) is 64.7 Å². The lowest BCUT2D eigenvalue weighted by Crippen LogP contribution is -2.35. The molecule has 0 saturated carbocycles. The number of hydrogen-bond donors (Lipinski definition) is 2. The Hall–Kier alpha value is -2.30. The van der Waals surface area contributed by atoms with Gasteiger partial charge in [-0.1, -0.05) is 30.3 Å². The molecule has 8 nitrogen and oxygen atoms in total. The van der Waals surface area contributed by atoms with Gasteiger partial charge in [0, 0.05) is 45.4 Å². The molecule has 1 saturated heterocycles. The molecule has 0 radical (unpaired) electrons. The summed E-state index contributed by atoms with van der Waals surface area (Å²) in [7, 11) is -2.21. The number of hydrogen-bond acceptors (Lipinski definition) is 6. The van der Waals surface area contributed by atoms with Crippen molar-refractivity contribution in [2.45, 2.75) is 24.9 Å². The zero-order valence-corrected chi connectivity index (χ0v) is 19.4. The van der Waals surface area contributed by atoms with Crippen LogP contribution in [0, 0.1) is 6.92 Å². The number of aryl methyl sites for hydroxylation is 1. The summed E-state index contributed by atoms with van der Waals surface area (Å²) in [5.41, 5.74) is 3.22. The number of benzene rings is 2. The molecular formula is C23H31N3O5S. The molecule has 174 valence electrons. The lowest BCUT2D eigenvalue weighted by atomic mass is 10.1. The number of morpholine rings is 1. The predicted octanol–water partition coefficient (Wildman–Crippen LogP) is 1.68. The molecule has 1 heterocycles. The molecule has 1 amide bonds. The molecular weight excluding hydrogens is 430 g/mol. The van der Waals surface area contributed by atoms with Crippen molar-refractivity contribution in [1.82, 2.24) is 14.9 Å². The number of carbonyl (C=O) groups excluding carboxylic acids is 1. The zero-order valence-electron chi connectivity index (χ0n) is 18.6. The van der Waals surface area contributed by atoms with Crippen LogP contribution in [0.2, 0.25) is 0 Å². The second kappa shape index (κ2) is 11.5. The SMILES string of the molecule is COCCNS(=O)(=O)c1ccc(C)c(C(=O)NCc2cccc(CN3CCOCC3)c2)c1. The molecule has 0 atom stereocenters. The molecule has 0 aliphatic carbocycles. The topological polar surface area (TPSA) is 97.0 Å². The van der Waals surface area contributed by atoms with E-state index in [0.717, 1.165) is 38.4 Å². The fourth-order valence-corrected chi connectivity index (χ4v) is 4.55. The van der Waals surface area contributed by atoms with Gasteiger partial charge in [-0.25, -0.2) is 13.1 Å². The number of amides is 1. The van der Waals surface area contributed by atoms with Crippen molar-refractivity contribution in [1.29, 1.82) is 0 Å². The van der Waals surface area contributed by atoms with Crippen molar-refractivity contribution in [3.8, 4) is 0 Å². The van der Waals surface area contributed by atoms with Gasteiger partial charge in [0.15, 0.2) is 0 Å². The average molecular weight is 462 g/mol. The van der Waals surface area contributed by atoms with Gasteiger partial charge in [0.25, 0.3) is 5.91 Å². The lowest BCUT2D eigenvalue weighted by molar-refractivity contribution is 0.0342. The molecule has 1 aliphatic heterocycles. The molecule has 2 aromatic rings. The molecule has 2 N–H and O–H groups in total. The summed E-state index contributed by atoms with van der Waals surface area (Å²) in [5.74, 6) is -0.310. The van der Waals surface area contributed by atoms with E-state index in [9.17, 15) is 13.2 Å². The maximum atomic E-state index is 12.8. The minimum atomic E-state index is -3.72. The third kappa shape index (κ3) is 6.85. The van der Waals surface area contributed by atoms with E-state index in [4.69, 9.17) is 9.47 Å². The number of sulfonamides is 1. The van der Waals surface area contributed by atoms with E-state index in [2.05, 4.69) is 27.1 Å².